The maximum absolute atomic E-state index is 8.61. The Labute approximate surface area is 84.5 Å². The third-order valence-corrected chi connectivity index (χ3v) is 4.66. The molecule has 0 amide bonds. The molecule has 0 bridgehead atoms. The number of allylic oxidation sites excluding steroid dienone is 2. The highest BCUT2D eigenvalue weighted by molar-refractivity contribution is 7.94. The van der Waals surface area contributed by atoms with Crippen molar-refractivity contribution in [2.24, 2.45) is 4.36 Å². The minimum Gasteiger partial charge on any atom is -0.270 e. The molecule has 4 nitrogen and oxygen atoms in total. The fourth-order valence-electron chi connectivity index (χ4n) is 1.37. The Morgan fingerprint density at radius 1 is 1.29 bits per heavy atom. The molecule has 0 saturated carbocycles. The van der Waals surface area contributed by atoms with Gasteiger partial charge >= 0.3 is 0 Å². The number of hydrogen-bond acceptors (Lipinski definition) is 4. The molecule has 0 aliphatic carbocycles. The van der Waals surface area contributed by atoms with Gasteiger partial charge in [0.2, 0.25) is 0 Å². The molecule has 0 unspecified atom stereocenters. The van der Waals surface area contributed by atoms with Crippen molar-refractivity contribution in [2.75, 3.05) is 11.5 Å². The topological polar surface area (TPSA) is 83.8 Å². The molecular formula is C9H12N4S. The van der Waals surface area contributed by atoms with E-state index in [1.807, 2.05) is 0 Å². The Morgan fingerprint density at radius 3 is 2.21 bits per heavy atom. The number of nitrogens with zero attached hydrogens (tertiary/aromatic N) is 3. The molecule has 1 heterocycles. The van der Waals surface area contributed by atoms with Gasteiger partial charge in [-0.1, -0.05) is 9.62 Å². The molecule has 1 rings (SSSR count). The quantitative estimate of drug-likeness (QED) is 0.670. The van der Waals surface area contributed by atoms with Gasteiger partial charge in [0.1, 0.15) is 12.1 Å². The van der Waals surface area contributed by atoms with E-state index in [0.29, 0.717) is 5.70 Å². The molecule has 0 radical (unpaired) electrons. The largest absolute Gasteiger partial charge is 0.270 e. The Hall–Kier alpha value is -1.33. The average Bonchev–Trinajstić information content (AvgIpc) is 2.54. The van der Waals surface area contributed by atoms with Gasteiger partial charge in [-0.05, 0) is 19.8 Å². The summed E-state index contributed by atoms with van der Waals surface area (Å²) in [5.41, 5.74) is 0.470. The van der Waals surface area contributed by atoms with Crippen LogP contribution in [0.4, 0.5) is 0 Å². The molecule has 14 heavy (non-hydrogen) atoms. The Morgan fingerprint density at radius 2 is 1.79 bits per heavy atom. The van der Waals surface area contributed by atoms with Crippen LogP contribution in [0.2, 0.25) is 0 Å². The molecular weight excluding hydrogens is 196 g/mol. The van der Waals surface area contributed by atoms with Gasteiger partial charge in [0.25, 0.3) is 0 Å². The van der Waals surface area contributed by atoms with E-state index in [0.717, 1.165) is 24.3 Å². The van der Waals surface area contributed by atoms with E-state index in [-0.39, 0.29) is 5.57 Å². The summed E-state index contributed by atoms with van der Waals surface area (Å²) in [4.78, 5) is 0. The summed E-state index contributed by atoms with van der Waals surface area (Å²) in [6.07, 6.45) is 2.09. The maximum Gasteiger partial charge on any atom is 0.151 e. The van der Waals surface area contributed by atoms with Crippen LogP contribution in [0.5, 0.6) is 0 Å². The Kier molecular flexibility index (Phi) is 3.27. The normalized spacial score (nSPS) is 17.9. The molecule has 0 atom stereocenters. The molecule has 74 valence electrons. The van der Waals surface area contributed by atoms with Crippen LogP contribution < -0.4 is 0 Å². The predicted molar refractivity (Wildman–Crippen MR) is 55.4 cm³/mol. The zero-order valence-electron chi connectivity index (χ0n) is 8.08. The summed E-state index contributed by atoms with van der Waals surface area (Å²) < 4.78 is 12.3. The third-order valence-electron chi connectivity index (χ3n) is 2.11. The van der Waals surface area contributed by atoms with Crippen LogP contribution in [-0.4, -0.2) is 11.5 Å². The first-order valence-electron chi connectivity index (χ1n) is 4.38. The van der Waals surface area contributed by atoms with E-state index in [2.05, 4.69) is 4.36 Å². The second-order valence-electron chi connectivity index (χ2n) is 3.23. The monoisotopic (exact) mass is 208 g/mol. The lowest BCUT2D eigenvalue weighted by atomic mass is 10.3. The summed E-state index contributed by atoms with van der Waals surface area (Å²) in [6, 6.07) is 3.59. The van der Waals surface area contributed by atoms with Gasteiger partial charge in [-0.2, -0.15) is 10.5 Å². The molecule has 1 saturated heterocycles. The van der Waals surface area contributed by atoms with Crippen molar-refractivity contribution in [3.05, 3.63) is 11.3 Å². The van der Waals surface area contributed by atoms with E-state index in [4.69, 9.17) is 15.3 Å². The highest BCUT2D eigenvalue weighted by atomic mass is 32.2. The molecule has 0 aromatic heterocycles. The standard InChI is InChI=1S/C9H12N4S/c1-8(9(6-10)7-11)13-14(12)4-2-3-5-14/h12H,2-5H2,1H3. The van der Waals surface area contributed by atoms with Crippen molar-refractivity contribution in [1.82, 2.24) is 0 Å². The molecule has 1 fully saturated rings. The van der Waals surface area contributed by atoms with Crippen molar-refractivity contribution in [2.45, 2.75) is 19.8 Å². The summed E-state index contributed by atoms with van der Waals surface area (Å²) in [5, 5.41) is 17.2. The van der Waals surface area contributed by atoms with Crippen molar-refractivity contribution in [3.63, 3.8) is 0 Å². The lowest BCUT2D eigenvalue weighted by Gasteiger charge is -2.03. The number of hydrogen-bond donors (Lipinski definition) is 1. The highest BCUT2D eigenvalue weighted by Gasteiger charge is 2.13. The second kappa shape index (κ2) is 4.26. The molecule has 5 heteroatoms. The van der Waals surface area contributed by atoms with Crippen LogP contribution in [-0.2, 0) is 9.62 Å². The van der Waals surface area contributed by atoms with Crippen LogP contribution in [0.3, 0.4) is 0 Å². The van der Waals surface area contributed by atoms with Crippen molar-refractivity contribution >= 4 is 9.62 Å². The van der Waals surface area contributed by atoms with Crippen molar-refractivity contribution < 1.29 is 0 Å². The molecule has 1 aliphatic heterocycles. The molecule has 1 aliphatic rings. The van der Waals surface area contributed by atoms with Gasteiger partial charge in [0.15, 0.2) is 5.57 Å². The van der Waals surface area contributed by atoms with Crippen LogP contribution >= 0.6 is 0 Å². The fraction of sp³-hybridized carbons (Fsp3) is 0.556. The average molecular weight is 208 g/mol. The lowest BCUT2D eigenvalue weighted by molar-refractivity contribution is 0.949. The molecule has 0 aromatic carbocycles. The summed E-state index contributed by atoms with van der Waals surface area (Å²) in [5.74, 6) is 1.63. The van der Waals surface area contributed by atoms with E-state index in [9.17, 15) is 0 Å². The second-order valence-corrected chi connectivity index (χ2v) is 5.92. The summed E-state index contributed by atoms with van der Waals surface area (Å²) in [6.45, 7) is 1.64. The van der Waals surface area contributed by atoms with E-state index in [1.165, 1.54) is 0 Å². The van der Waals surface area contributed by atoms with Gasteiger partial charge in [0, 0.05) is 11.5 Å². The first-order chi connectivity index (χ1) is 6.61. The minimum absolute atomic E-state index is 0.0380. The van der Waals surface area contributed by atoms with Crippen LogP contribution in [0.15, 0.2) is 15.6 Å². The number of rotatable bonds is 1. The van der Waals surface area contributed by atoms with Crippen molar-refractivity contribution in [1.29, 1.82) is 15.3 Å². The van der Waals surface area contributed by atoms with Crippen LogP contribution in [0.25, 0.3) is 0 Å². The molecule has 0 spiro atoms. The SMILES string of the molecule is CC(N=S1(=N)CCCC1)=C(C#N)C#N. The zero-order chi connectivity index (χ0) is 10.6. The third kappa shape index (κ3) is 2.34. The zero-order valence-corrected chi connectivity index (χ0v) is 8.89. The van der Waals surface area contributed by atoms with E-state index < -0.39 is 9.62 Å². The first kappa shape index (κ1) is 10.7. The van der Waals surface area contributed by atoms with E-state index in [1.54, 1.807) is 19.1 Å². The van der Waals surface area contributed by atoms with Crippen molar-refractivity contribution in [3.8, 4) is 12.1 Å². The number of nitriles is 2. The van der Waals surface area contributed by atoms with Gasteiger partial charge in [-0.15, -0.1) is 0 Å². The summed E-state index contributed by atoms with van der Waals surface area (Å²) >= 11 is 0. The lowest BCUT2D eigenvalue weighted by Crippen LogP contribution is -1.98. The van der Waals surface area contributed by atoms with Gasteiger partial charge < -0.3 is 0 Å². The Balaban J connectivity index is 3.11. The molecule has 1 N–H and O–H groups in total. The van der Waals surface area contributed by atoms with E-state index >= 15 is 0 Å². The number of nitrogens with one attached hydrogen (secondary N) is 1. The van der Waals surface area contributed by atoms with Crippen LogP contribution in [0, 0.1) is 27.4 Å². The first-order valence-corrected chi connectivity index (χ1v) is 6.31. The van der Waals surface area contributed by atoms with Gasteiger partial charge in [-0.3, -0.25) is 4.78 Å². The highest BCUT2D eigenvalue weighted by Crippen LogP contribution is 2.17. The predicted octanol–water partition coefficient (Wildman–Crippen LogP) is 2.20. The van der Waals surface area contributed by atoms with Gasteiger partial charge in [-0.25, -0.2) is 4.36 Å². The van der Waals surface area contributed by atoms with Crippen LogP contribution in [0.1, 0.15) is 19.8 Å². The smallest absolute Gasteiger partial charge is 0.151 e. The minimum atomic E-state index is -1.65. The molecule has 0 aromatic rings. The Bertz CT molecular complexity index is 424. The fourth-order valence-corrected chi connectivity index (χ4v) is 3.74. The maximum atomic E-state index is 8.61. The summed E-state index contributed by atoms with van der Waals surface area (Å²) in [7, 11) is -1.65. The van der Waals surface area contributed by atoms with Gasteiger partial charge in [0.05, 0.1) is 5.70 Å².